The normalized spacial score (nSPS) is 11.2. The van der Waals surface area contributed by atoms with Crippen LogP contribution in [0.1, 0.15) is 11.1 Å². The lowest BCUT2D eigenvalue weighted by Gasteiger charge is -2.14. The van der Waals surface area contributed by atoms with Crippen molar-refractivity contribution in [1.82, 2.24) is 0 Å². The lowest BCUT2D eigenvalue weighted by molar-refractivity contribution is 0.402. The van der Waals surface area contributed by atoms with Gasteiger partial charge in [0.25, 0.3) is 10.0 Å². The molecular weight excluding hydrogens is 293 g/mol. The third kappa shape index (κ3) is 3.16. The van der Waals surface area contributed by atoms with Crippen LogP contribution in [0.25, 0.3) is 0 Å². The first-order valence-electron chi connectivity index (χ1n) is 6.27. The fraction of sp³-hybridized carbons (Fsp3) is 0.200. The van der Waals surface area contributed by atoms with Gasteiger partial charge in [-0.3, -0.25) is 4.72 Å². The monoisotopic (exact) mass is 309 g/mol. The SMILES string of the molecule is COc1cc(C)c(C)cc1S(=O)(=O)Nc1ccccc1F. The number of methoxy groups -OCH3 is 1. The largest absolute Gasteiger partial charge is 0.495 e. The van der Waals surface area contributed by atoms with E-state index in [1.165, 1.54) is 31.4 Å². The fourth-order valence-electron chi connectivity index (χ4n) is 1.88. The number of hydrogen-bond donors (Lipinski definition) is 1. The van der Waals surface area contributed by atoms with E-state index in [-0.39, 0.29) is 16.3 Å². The quantitative estimate of drug-likeness (QED) is 0.943. The molecule has 0 unspecified atom stereocenters. The zero-order valence-electron chi connectivity index (χ0n) is 12.0. The summed E-state index contributed by atoms with van der Waals surface area (Å²) in [4.78, 5) is -0.0173. The molecule has 2 aromatic rings. The minimum atomic E-state index is -3.93. The molecule has 112 valence electrons. The van der Waals surface area contributed by atoms with Crippen LogP contribution in [0.3, 0.4) is 0 Å². The second-order valence-electron chi connectivity index (χ2n) is 4.67. The van der Waals surface area contributed by atoms with Gasteiger partial charge in [-0.2, -0.15) is 0 Å². The van der Waals surface area contributed by atoms with Crippen molar-refractivity contribution in [1.29, 1.82) is 0 Å². The van der Waals surface area contributed by atoms with Crippen molar-refractivity contribution < 1.29 is 17.5 Å². The predicted molar refractivity (Wildman–Crippen MR) is 79.7 cm³/mol. The molecule has 0 aliphatic heterocycles. The topological polar surface area (TPSA) is 55.4 Å². The molecule has 0 amide bonds. The number of aryl methyl sites for hydroxylation is 2. The van der Waals surface area contributed by atoms with Crippen LogP contribution in [0.4, 0.5) is 10.1 Å². The van der Waals surface area contributed by atoms with E-state index in [9.17, 15) is 12.8 Å². The number of sulfonamides is 1. The Labute approximate surface area is 123 Å². The number of benzene rings is 2. The summed E-state index contributed by atoms with van der Waals surface area (Å²) < 4.78 is 45.8. The summed E-state index contributed by atoms with van der Waals surface area (Å²) in [6.07, 6.45) is 0. The third-order valence-corrected chi connectivity index (χ3v) is 4.57. The van der Waals surface area contributed by atoms with E-state index >= 15 is 0 Å². The molecule has 0 heterocycles. The van der Waals surface area contributed by atoms with Crippen LogP contribution in [0.5, 0.6) is 5.75 Å². The molecule has 0 saturated carbocycles. The predicted octanol–water partition coefficient (Wildman–Crippen LogP) is 3.25. The Hall–Kier alpha value is -2.08. The highest BCUT2D eigenvalue weighted by atomic mass is 32.2. The van der Waals surface area contributed by atoms with Gasteiger partial charge in [0.1, 0.15) is 16.5 Å². The molecule has 2 aromatic carbocycles. The van der Waals surface area contributed by atoms with Crippen LogP contribution in [0.2, 0.25) is 0 Å². The van der Waals surface area contributed by atoms with Gasteiger partial charge in [0, 0.05) is 0 Å². The maximum atomic E-state index is 13.6. The first-order chi connectivity index (χ1) is 9.85. The first-order valence-corrected chi connectivity index (χ1v) is 7.76. The van der Waals surface area contributed by atoms with Crippen LogP contribution < -0.4 is 9.46 Å². The molecule has 0 spiro atoms. The average Bonchev–Trinajstić information content (AvgIpc) is 2.43. The zero-order valence-corrected chi connectivity index (χ0v) is 12.8. The van der Waals surface area contributed by atoms with Crippen molar-refractivity contribution >= 4 is 15.7 Å². The first kappa shape index (κ1) is 15.3. The Balaban J connectivity index is 2.50. The summed E-state index contributed by atoms with van der Waals surface area (Å²) >= 11 is 0. The fourth-order valence-corrected chi connectivity index (χ4v) is 3.18. The molecule has 6 heteroatoms. The molecule has 0 aliphatic carbocycles. The lowest BCUT2D eigenvalue weighted by Crippen LogP contribution is -2.15. The van der Waals surface area contributed by atoms with E-state index in [1.807, 2.05) is 6.92 Å². The second-order valence-corrected chi connectivity index (χ2v) is 6.32. The molecule has 1 N–H and O–H groups in total. The van der Waals surface area contributed by atoms with Crippen molar-refractivity contribution in [3.05, 3.63) is 53.3 Å². The van der Waals surface area contributed by atoms with Crippen molar-refractivity contribution in [2.24, 2.45) is 0 Å². The van der Waals surface area contributed by atoms with Crippen LogP contribution >= 0.6 is 0 Å². The number of rotatable bonds is 4. The third-order valence-electron chi connectivity index (χ3n) is 3.19. The summed E-state index contributed by atoms with van der Waals surface area (Å²) in [7, 11) is -2.54. The summed E-state index contributed by atoms with van der Waals surface area (Å²) in [6, 6.07) is 8.75. The number of nitrogens with one attached hydrogen (secondary N) is 1. The minimum absolute atomic E-state index is 0.0173. The number of para-hydroxylation sites is 1. The van der Waals surface area contributed by atoms with Gasteiger partial charge < -0.3 is 4.74 Å². The Morgan fingerprint density at radius 2 is 1.71 bits per heavy atom. The highest BCUT2D eigenvalue weighted by Crippen LogP contribution is 2.29. The van der Waals surface area contributed by atoms with Gasteiger partial charge in [0.15, 0.2) is 0 Å². The standard InChI is InChI=1S/C15H16FNO3S/c1-10-8-14(20-3)15(9-11(10)2)21(18,19)17-13-7-5-4-6-12(13)16/h4-9,17H,1-3H3. The number of halogens is 1. The van der Waals surface area contributed by atoms with Gasteiger partial charge in [0.05, 0.1) is 12.8 Å². The molecule has 21 heavy (non-hydrogen) atoms. The molecule has 0 atom stereocenters. The lowest BCUT2D eigenvalue weighted by atomic mass is 10.1. The number of hydrogen-bond acceptors (Lipinski definition) is 3. The minimum Gasteiger partial charge on any atom is -0.495 e. The molecule has 0 bridgehead atoms. The van der Waals surface area contributed by atoms with Crippen LogP contribution in [0, 0.1) is 19.7 Å². The van der Waals surface area contributed by atoms with Crippen molar-refractivity contribution in [3.63, 3.8) is 0 Å². The van der Waals surface area contributed by atoms with E-state index in [0.717, 1.165) is 11.1 Å². The molecule has 2 rings (SSSR count). The molecule has 0 aliphatic rings. The Morgan fingerprint density at radius 3 is 2.33 bits per heavy atom. The zero-order chi connectivity index (χ0) is 15.6. The van der Waals surface area contributed by atoms with Gasteiger partial charge in [-0.1, -0.05) is 12.1 Å². The summed E-state index contributed by atoms with van der Waals surface area (Å²) in [5.74, 6) is -0.411. The van der Waals surface area contributed by atoms with Crippen LogP contribution in [0.15, 0.2) is 41.3 Å². The smallest absolute Gasteiger partial charge is 0.265 e. The highest BCUT2D eigenvalue weighted by Gasteiger charge is 2.21. The summed E-state index contributed by atoms with van der Waals surface area (Å²) in [5, 5.41) is 0. The van der Waals surface area contributed by atoms with E-state index in [4.69, 9.17) is 4.74 Å². The summed E-state index contributed by atoms with van der Waals surface area (Å²) in [5.41, 5.74) is 1.62. The average molecular weight is 309 g/mol. The van der Waals surface area contributed by atoms with Crippen molar-refractivity contribution in [3.8, 4) is 5.75 Å². The highest BCUT2D eigenvalue weighted by molar-refractivity contribution is 7.92. The van der Waals surface area contributed by atoms with E-state index in [0.29, 0.717) is 0 Å². The van der Waals surface area contributed by atoms with Crippen LogP contribution in [-0.4, -0.2) is 15.5 Å². The maximum Gasteiger partial charge on any atom is 0.265 e. The van der Waals surface area contributed by atoms with Crippen molar-refractivity contribution in [2.75, 3.05) is 11.8 Å². The number of ether oxygens (including phenoxy) is 1. The maximum absolute atomic E-state index is 13.6. The van der Waals surface area contributed by atoms with Gasteiger partial charge in [-0.15, -0.1) is 0 Å². The summed E-state index contributed by atoms with van der Waals surface area (Å²) in [6.45, 7) is 3.66. The van der Waals surface area contributed by atoms with E-state index < -0.39 is 15.8 Å². The Bertz CT molecular complexity index is 772. The van der Waals surface area contributed by atoms with E-state index in [1.54, 1.807) is 19.1 Å². The van der Waals surface area contributed by atoms with Gasteiger partial charge in [0.2, 0.25) is 0 Å². The van der Waals surface area contributed by atoms with Gasteiger partial charge in [-0.25, -0.2) is 12.8 Å². The second kappa shape index (κ2) is 5.73. The van der Waals surface area contributed by atoms with Gasteiger partial charge >= 0.3 is 0 Å². The molecular formula is C15H16FNO3S. The van der Waals surface area contributed by atoms with E-state index in [2.05, 4.69) is 4.72 Å². The molecule has 0 saturated heterocycles. The molecule has 0 aromatic heterocycles. The Morgan fingerprint density at radius 1 is 1.10 bits per heavy atom. The molecule has 4 nitrogen and oxygen atoms in total. The number of anilines is 1. The molecule has 0 fully saturated rings. The Kier molecular flexibility index (Phi) is 4.18. The van der Waals surface area contributed by atoms with Gasteiger partial charge in [-0.05, 0) is 49.2 Å². The van der Waals surface area contributed by atoms with Crippen LogP contribution in [-0.2, 0) is 10.0 Å². The molecule has 0 radical (unpaired) electrons. The van der Waals surface area contributed by atoms with Crippen molar-refractivity contribution in [2.45, 2.75) is 18.7 Å².